The third kappa shape index (κ3) is 9.23. The van der Waals surface area contributed by atoms with E-state index in [0.717, 1.165) is 0 Å². The first-order chi connectivity index (χ1) is 18.6. The topological polar surface area (TPSA) is 199 Å². The molecule has 0 saturated carbocycles. The smallest absolute Gasteiger partial charge is 0.328 e. The molecule has 5 atom stereocenters. The molecule has 13 heteroatoms. The SMILES string of the molecule is CCC(NC(=O)CC(NC(=O)C(CO)NC(=O)C(NC(=O)c1ccc[nH]1)C(C)O)c1ccccc1)C(=O)OC. The number of carbonyl (C=O) groups is 5. The van der Waals surface area contributed by atoms with E-state index in [1.54, 1.807) is 43.3 Å². The number of aliphatic hydroxyl groups is 2. The molecule has 0 bridgehead atoms. The van der Waals surface area contributed by atoms with Gasteiger partial charge >= 0.3 is 5.97 Å². The van der Waals surface area contributed by atoms with Crippen LogP contribution in [0, 0.1) is 0 Å². The van der Waals surface area contributed by atoms with Crippen LogP contribution in [0.5, 0.6) is 0 Å². The fraction of sp³-hybridized carbons (Fsp3) is 0.423. The third-order valence-electron chi connectivity index (χ3n) is 5.85. The van der Waals surface area contributed by atoms with Gasteiger partial charge < -0.3 is 41.2 Å². The van der Waals surface area contributed by atoms with E-state index in [0.29, 0.717) is 12.0 Å². The fourth-order valence-corrected chi connectivity index (χ4v) is 3.67. The van der Waals surface area contributed by atoms with Crippen LogP contribution in [0.1, 0.15) is 48.8 Å². The highest BCUT2D eigenvalue weighted by molar-refractivity contribution is 5.97. The number of methoxy groups -OCH3 is 1. The summed E-state index contributed by atoms with van der Waals surface area (Å²) in [4.78, 5) is 65.5. The number of benzene rings is 1. The Morgan fingerprint density at radius 3 is 2.15 bits per heavy atom. The van der Waals surface area contributed by atoms with Crippen LogP contribution in [-0.2, 0) is 23.9 Å². The van der Waals surface area contributed by atoms with Gasteiger partial charge in [-0.3, -0.25) is 19.2 Å². The van der Waals surface area contributed by atoms with Gasteiger partial charge in [0.15, 0.2) is 0 Å². The number of nitrogens with one attached hydrogen (secondary N) is 5. The van der Waals surface area contributed by atoms with Gasteiger partial charge in [-0.15, -0.1) is 0 Å². The average molecular weight is 546 g/mol. The van der Waals surface area contributed by atoms with E-state index in [-0.39, 0.29) is 12.1 Å². The summed E-state index contributed by atoms with van der Waals surface area (Å²) in [5.41, 5.74) is 0.724. The van der Waals surface area contributed by atoms with Crippen LogP contribution in [-0.4, -0.2) is 82.7 Å². The Balaban J connectivity index is 2.13. The number of aromatic nitrogens is 1. The molecule has 1 aromatic heterocycles. The number of esters is 1. The summed E-state index contributed by atoms with van der Waals surface area (Å²) in [7, 11) is 1.21. The molecule has 0 radical (unpaired) electrons. The van der Waals surface area contributed by atoms with Crippen molar-refractivity contribution in [2.45, 2.75) is 57.0 Å². The van der Waals surface area contributed by atoms with E-state index in [2.05, 4.69) is 31.0 Å². The lowest BCUT2D eigenvalue weighted by atomic mass is 10.0. The minimum atomic E-state index is -1.46. The highest BCUT2D eigenvalue weighted by Crippen LogP contribution is 2.17. The van der Waals surface area contributed by atoms with Gasteiger partial charge in [-0.05, 0) is 31.0 Å². The van der Waals surface area contributed by atoms with Gasteiger partial charge in [0.2, 0.25) is 17.7 Å². The summed E-state index contributed by atoms with van der Waals surface area (Å²) < 4.78 is 4.69. The molecular formula is C26H35N5O8. The lowest BCUT2D eigenvalue weighted by molar-refractivity contribution is -0.145. The number of ether oxygens (including phenoxy) is 1. The van der Waals surface area contributed by atoms with Crippen LogP contribution in [0.2, 0.25) is 0 Å². The minimum absolute atomic E-state index is 0.159. The second kappa shape index (κ2) is 15.2. The zero-order valence-electron chi connectivity index (χ0n) is 22.0. The van der Waals surface area contributed by atoms with Crippen LogP contribution in [0.25, 0.3) is 0 Å². The summed E-state index contributed by atoms with van der Waals surface area (Å²) in [6.07, 6.45) is 0.232. The molecule has 5 unspecified atom stereocenters. The first-order valence-corrected chi connectivity index (χ1v) is 12.4. The molecule has 0 aliphatic carbocycles. The third-order valence-corrected chi connectivity index (χ3v) is 5.85. The Morgan fingerprint density at radius 1 is 0.923 bits per heavy atom. The van der Waals surface area contributed by atoms with Gasteiger partial charge in [0.1, 0.15) is 23.8 Å². The van der Waals surface area contributed by atoms with Crippen LogP contribution in [0.3, 0.4) is 0 Å². The molecule has 0 fully saturated rings. The summed E-state index contributed by atoms with van der Waals surface area (Å²) in [6.45, 7) is 2.19. The predicted octanol–water partition coefficient (Wildman–Crippen LogP) is -0.714. The van der Waals surface area contributed by atoms with Crippen molar-refractivity contribution in [3.05, 3.63) is 59.9 Å². The zero-order chi connectivity index (χ0) is 28.9. The Hall–Kier alpha value is -4.23. The Kier molecular flexibility index (Phi) is 12.1. The van der Waals surface area contributed by atoms with Crippen LogP contribution >= 0.6 is 0 Å². The molecule has 2 aromatic rings. The highest BCUT2D eigenvalue weighted by atomic mass is 16.5. The molecule has 0 saturated heterocycles. The molecule has 39 heavy (non-hydrogen) atoms. The van der Waals surface area contributed by atoms with Gasteiger partial charge in [-0.1, -0.05) is 37.3 Å². The number of H-pyrrole nitrogens is 1. The minimum Gasteiger partial charge on any atom is -0.467 e. The first-order valence-electron chi connectivity index (χ1n) is 12.4. The summed E-state index contributed by atoms with van der Waals surface area (Å²) >= 11 is 0. The van der Waals surface area contributed by atoms with Crippen molar-refractivity contribution in [3.63, 3.8) is 0 Å². The number of hydrogen-bond acceptors (Lipinski definition) is 8. The van der Waals surface area contributed by atoms with Crippen molar-refractivity contribution >= 4 is 29.6 Å². The van der Waals surface area contributed by atoms with Crippen LogP contribution < -0.4 is 21.3 Å². The predicted molar refractivity (Wildman–Crippen MR) is 139 cm³/mol. The van der Waals surface area contributed by atoms with Gasteiger partial charge in [-0.2, -0.15) is 0 Å². The van der Waals surface area contributed by atoms with Crippen LogP contribution in [0.15, 0.2) is 48.7 Å². The highest BCUT2D eigenvalue weighted by Gasteiger charge is 2.31. The normalized spacial score (nSPS) is 14.6. The van der Waals surface area contributed by atoms with Crippen molar-refractivity contribution in [2.75, 3.05) is 13.7 Å². The number of aliphatic hydroxyl groups excluding tert-OH is 2. The Bertz CT molecular complexity index is 1110. The van der Waals surface area contributed by atoms with E-state index >= 15 is 0 Å². The maximum absolute atomic E-state index is 13.1. The van der Waals surface area contributed by atoms with Crippen molar-refractivity contribution < 1.29 is 38.9 Å². The summed E-state index contributed by atoms with van der Waals surface area (Å²) in [6, 6.07) is 6.96. The number of amides is 4. The maximum atomic E-state index is 13.1. The average Bonchev–Trinajstić information content (AvgIpc) is 3.47. The Labute approximate surface area is 225 Å². The Morgan fingerprint density at radius 2 is 1.62 bits per heavy atom. The largest absolute Gasteiger partial charge is 0.467 e. The standard InChI is InChI=1S/C26H35N5O8/c1-4-17(26(38)39-3)28-21(34)13-19(16-9-6-5-7-10-16)29-24(36)20(14-32)30-25(37)22(15(2)33)31-23(35)18-11-8-12-27-18/h5-12,15,17,19-20,22,27,32-33H,4,13-14H2,1-3H3,(H,28,34)(H,29,36)(H,30,37)(H,31,35). The van der Waals surface area contributed by atoms with E-state index in [9.17, 15) is 34.2 Å². The van der Waals surface area contributed by atoms with E-state index in [4.69, 9.17) is 0 Å². The number of rotatable bonds is 14. The van der Waals surface area contributed by atoms with Crippen molar-refractivity contribution in [2.24, 2.45) is 0 Å². The molecule has 0 aliphatic rings. The van der Waals surface area contributed by atoms with E-state index < -0.39 is 66.5 Å². The zero-order valence-corrected chi connectivity index (χ0v) is 22.0. The van der Waals surface area contributed by atoms with Gasteiger partial charge in [0.25, 0.3) is 5.91 Å². The molecule has 1 aromatic carbocycles. The molecule has 4 amide bonds. The molecule has 212 valence electrons. The van der Waals surface area contributed by atoms with Gasteiger partial charge in [0.05, 0.1) is 32.3 Å². The lowest BCUT2D eigenvalue weighted by Crippen LogP contribution is -2.58. The quantitative estimate of drug-likeness (QED) is 0.151. The molecular weight excluding hydrogens is 510 g/mol. The molecule has 1 heterocycles. The molecule has 0 spiro atoms. The van der Waals surface area contributed by atoms with Crippen LogP contribution in [0.4, 0.5) is 0 Å². The number of carbonyl (C=O) groups excluding carboxylic acids is 5. The van der Waals surface area contributed by atoms with Gasteiger partial charge in [0, 0.05) is 6.20 Å². The molecule has 0 aliphatic heterocycles. The lowest BCUT2D eigenvalue weighted by Gasteiger charge is -2.26. The summed E-state index contributed by atoms with van der Waals surface area (Å²) in [5.74, 6) is -3.51. The van der Waals surface area contributed by atoms with Crippen molar-refractivity contribution in [3.8, 4) is 0 Å². The number of hydrogen-bond donors (Lipinski definition) is 7. The number of aromatic amines is 1. The molecule has 7 N–H and O–H groups in total. The van der Waals surface area contributed by atoms with E-state index in [1.807, 2.05) is 0 Å². The molecule has 13 nitrogen and oxygen atoms in total. The monoisotopic (exact) mass is 545 g/mol. The molecule has 2 rings (SSSR count). The second-order valence-corrected chi connectivity index (χ2v) is 8.75. The van der Waals surface area contributed by atoms with Crippen molar-refractivity contribution in [1.82, 2.24) is 26.3 Å². The second-order valence-electron chi connectivity index (χ2n) is 8.75. The summed E-state index contributed by atoms with van der Waals surface area (Å²) in [5, 5.41) is 29.8. The maximum Gasteiger partial charge on any atom is 0.328 e. The fourth-order valence-electron chi connectivity index (χ4n) is 3.67. The van der Waals surface area contributed by atoms with Gasteiger partial charge in [-0.25, -0.2) is 4.79 Å². The van der Waals surface area contributed by atoms with Crippen molar-refractivity contribution in [1.29, 1.82) is 0 Å². The first kappa shape index (κ1) is 31.0. The van der Waals surface area contributed by atoms with E-state index in [1.165, 1.54) is 26.3 Å².